The highest BCUT2D eigenvalue weighted by molar-refractivity contribution is 5.89. The van der Waals surface area contributed by atoms with Crippen LogP contribution < -0.4 is 0 Å². The van der Waals surface area contributed by atoms with Gasteiger partial charge in [0.05, 0.1) is 6.04 Å². The predicted octanol–water partition coefficient (Wildman–Crippen LogP) is 1.95. The van der Waals surface area contributed by atoms with Crippen LogP contribution in [0, 0.1) is 0 Å². The van der Waals surface area contributed by atoms with E-state index >= 15 is 0 Å². The first-order valence-corrected chi connectivity index (χ1v) is 4.73. The van der Waals surface area contributed by atoms with Crippen molar-refractivity contribution in [1.82, 2.24) is 4.90 Å². The molecular formula is C11H11NO2. The van der Waals surface area contributed by atoms with Crippen LogP contribution in [0.5, 0.6) is 0 Å². The number of benzene rings is 1. The Morgan fingerprint density at radius 2 is 2.21 bits per heavy atom. The molecule has 0 saturated carbocycles. The van der Waals surface area contributed by atoms with E-state index in [0.29, 0.717) is 0 Å². The number of likely N-dealkylation sites (N-methyl/N-ethyl adjacent to an activating group) is 1. The molecule has 0 spiro atoms. The SMILES string of the molecule is CC(=O)C1c2c(c3ccc2o3)CN1C. The molecule has 14 heavy (non-hydrogen) atoms. The van der Waals surface area contributed by atoms with Gasteiger partial charge in [0.1, 0.15) is 11.2 Å². The minimum Gasteiger partial charge on any atom is -0.457 e. The Kier molecular flexibility index (Phi) is 1.35. The van der Waals surface area contributed by atoms with Gasteiger partial charge < -0.3 is 4.42 Å². The highest BCUT2D eigenvalue weighted by Crippen LogP contribution is 2.42. The highest BCUT2D eigenvalue weighted by atomic mass is 16.3. The topological polar surface area (TPSA) is 33.5 Å². The first-order valence-electron chi connectivity index (χ1n) is 4.73. The van der Waals surface area contributed by atoms with E-state index in [4.69, 9.17) is 4.42 Å². The maximum atomic E-state index is 11.5. The molecule has 3 nitrogen and oxygen atoms in total. The van der Waals surface area contributed by atoms with Gasteiger partial charge in [0.2, 0.25) is 0 Å². The molecule has 3 heteroatoms. The number of carbonyl (C=O) groups excluding carboxylic acids is 1. The number of ketones is 1. The van der Waals surface area contributed by atoms with Crippen LogP contribution in [0.3, 0.4) is 0 Å². The van der Waals surface area contributed by atoms with Crippen molar-refractivity contribution in [2.45, 2.75) is 19.5 Å². The van der Waals surface area contributed by atoms with Crippen LogP contribution in [0.4, 0.5) is 0 Å². The van der Waals surface area contributed by atoms with E-state index in [-0.39, 0.29) is 11.8 Å². The van der Waals surface area contributed by atoms with Crippen molar-refractivity contribution in [2.75, 3.05) is 7.05 Å². The first-order chi connectivity index (χ1) is 6.68. The van der Waals surface area contributed by atoms with Crippen LogP contribution in [-0.4, -0.2) is 17.7 Å². The van der Waals surface area contributed by atoms with Crippen molar-refractivity contribution in [3.63, 3.8) is 0 Å². The maximum absolute atomic E-state index is 11.5. The second-order valence-electron chi connectivity index (χ2n) is 3.98. The molecule has 1 aliphatic rings. The summed E-state index contributed by atoms with van der Waals surface area (Å²) in [6.07, 6.45) is 0. The van der Waals surface area contributed by atoms with Gasteiger partial charge >= 0.3 is 0 Å². The molecule has 72 valence electrons. The van der Waals surface area contributed by atoms with Crippen LogP contribution in [0.2, 0.25) is 0 Å². The molecule has 3 rings (SSSR count). The Morgan fingerprint density at radius 1 is 1.50 bits per heavy atom. The molecule has 1 aliphatic heterocycles. The van der Waals surface area contributed by atoms with Crippen molar-refractivity contribution in [1.29, 1.82) is 0 Å². The second-order valence-corrected chi connectivity index (χ2v) is 3.98. The second kappa shape index (κ2) is 2.36. The van der Waals surface area contributed by atoms with Crippen molar-refractivity contribution >= 4 is 16.9 Å². The number of nitrogens with zero attached hydrogens (tertiary/aromatic N) is 1. The lowest BCUT2D eigenvalue weighted by atomic mass is 10.0. The summed E-state index contributed by atoms with van der Waals surface area (Å²) in [5, 5.41) is 0. The molecule has 0 amide bonds. The van der Waals surface area contributed by atoms with Gasteiger partial charge in [-0.25, -0.2) is 0 Å². The van der Waals surface area contributed by atoms with E-state index in [1.54, 1.807) is 6.92 Å². The molecule has 0 saturated heterocycles. The molecule has 0 fully saturated rings. The van der Waals surface area contributed by atoms with E-state index in [1.807, 2.05) is 19.2 Å². The van der Waals surface area contributed by atoms with Crippen molar-refractivity contribution in [3.05, 3.63) is 23.3 Å². The van der Waals surface area contributed by atoms with Crippen LogP contribution in [0.1, 0.15) is 24.1 Å². The summed E-state index contributed by atoms with van der Waals surface area (Å²) in [5.41, 5.74) is 4.10. The van der Waals surface area contributed by atoms with E-state index in [9.17, 15) is 4.79 Å². The van der Waals surface area contributed by atoms with Crippen LogP contribution >= 0.6 is 0 Å². The summed E-state index contributed by atoms with van der Waals surface area (Å²) in [5.74, 6) is 0.190. The molecule has 2 aromatic heterocycles. The fourth-order valence-corrected chi connectivity index (χ4v) is 2.46. The average Bonchev–Trinajstić information content (AvgIpc) is 2.70. The van der Waals surface area contributed by atoms with Gasteiger partial charge in [0.15, 0.2) is 5.78 Å². The number of rotatable bonds is 1. The van der Waals surface area contributed by atoms with E-state index in [2.05, 4.69) is 4.90 Å². The zero-order chi connectivity index (χ0) is 9.87. The summed E-state index contributed by atoms with van der Waals surface area (Å²) in [7, 11) is 1.98. The van der Waals surface area contributed by atoms with E-state index in [1.165, 1.54) is 5.56 Å². The van der Waals surface area contributed by atoms with Gasteiger partial charge in [-0.2, -0.15) is 0 Å². The molecule has 3 heterocycles. The molecule has 0 aliphatic carbocycles. The van der Waals surface area contributed by atoms with E-state index < -0.39 is 0 Å². The van der Waals surface area contributed by atoms with Crippen LogP contribution in [-0.2, 0) is 11.3 Å². The van der Waals surface area contributed by atoms with Gasteiger partial charge in [-0.05, 0) is 26.1 Å². The number of Topliss-reactive ketones (excluding diaryl/α,β-unsaturated/α-hetero) is 1. The third-order valence-electron chi connectivity index (χ3n) is 3.00. The predicted molar refractivity (Wildman–Crippen MR) is 52.3 cm³/mol. The largest absolute Gasteiger partial charge is 0.457 e. The fraction of sp³-hybridized carbons (Fsp3) is 0.364. The summed E-state index contributed by atoms with van der Waals surface area (Å²) in [6.45, 7) is 2.46. The molecule has 2 aromatic rings. The van der Waals surface area contributed by atoms with Gasteiger partial charge in [0.25, 0.3) is 0 Å². The standard InChI is InChI=1S/C11H11NO2/c1-6(13)11-10-7(5-12(11)2)8-3-4-9(10)14-8/h3-4,11H,5H2,1-2H3. The molecule has 0 radical (unpaired) electrons. The lowest BCUT2D eigenvalue weighted by Crippen LogP contribution is -2.22. The summed E-state index contributed by atoms with van der Waals surface area (Å²) >= 11 is 0. The molecule has 1 atom stereocenters. The molecule has 2 bridgehead atoms. The average molecular weight is 189 g/mol. The van der Waals surface area contributed by atoms with Gasteiger partial charge in [-0.3, -0.25) is 9.69 Å². The van der Waals surface area contributed by atoms with Gasteiger partial charge in [-0.1, -0.05) is 0 Å². The third-order valence-corrected chi connectivity index (χ3v) is 3.00. The van der Waals surface area contributed by atoms with Crippen molar-refractivity contribution in [3.8, 4) is 0 Å². The Morgan fingerprint density at radius 3 is 2.93 bits per heavy atom. The minimum absolute atomic E-state index is 0.0950. The molecular weight excluding hydrogens is 178 g/mol. The highest BCUT2D eigenvalue weighted by Gasteiger charge is 2.36. The summed E-state index contributed by atoms with van der Waals surface area (Å²) < 4.78 is 5.54. The maximum Gasteiger partial charge on any atom is 0.151 e. The number of hydrogen-bond donors (Lipinski definition) is 0. The summed E-state index contributed by atoms with van der Waals surface area (Å²) in [6, 6.07) is 3.83. The van der Waals surface area contributed by atoms with Crippen LogP contribution in [0.25, 0.3) is 11.2 Å². The molecule has 0 aromatic carbocycles. The lowest BCUT2D eigenvalue weighted by molar-refractivity contribution is -0.121. The smallest absolute Gasteiger partial charge is 0.151 e. The zero-order valence-electron chi connectivity index (χ0n) is 8.20. The van der Waals surface area contributed by atoms with Crippen molar-refractivity contribution in [2.24, 2.45) is 0 Å². The first kappa shape index (κ1) is 8.00. The monoisotopic (exact) mass is 189 g/mol. The quantitative estimate of drug-likeness (QED) is 0.687. The Bertz CT molecular complexity index is 500. The Balaban J connectivity index is 2.25. The fourth-order valence-electron chi connectivity index (χ4n) is 2.46. The number of fused-ring (bicyclic) bond motifs is 5. The van der Waals surface area contributed by atoms with Crippen molar-refractivity contribution < 1.29 is 9.21 Å². The molecule has 1 unspecified atom stereocenters. The lowest BCUT2D eigenvalue weighted by Gasteiger charge is -2.16. The summed E-state index contributed by atoms with van der Waals surface area (Å²) in [4.78, 5) is 13.6. The Labute approximate surface area is 81.6 Å². The van der Waals surface area contributed by atoms with Gasteiger partial charge in [-0.15, -0.1) is 0 Å². The number of hydrogen-bond acceptors (Lipinski definition) is 3. The molecule has 0 N–H and O–H groups in total. The van der Waals surface area contributed by atoms with Crippen LogP contribution in [0.15, 0.2) is 16.5 Å². The number of furan rings is 2. The minimum atomic E-state index is -0.0950. The van der Waals surface area contributed by atoms with E-state index in [0.717, 1.165) is 23.3 Å². The zero-order valence-corrected chi connectivity index (χ0v) is 8.20. The van der Waals surface area contributed by atoms with Gasteiger partial charge in [0, 0.05) is 17.7 Å². The third kappa shape index (κ3) is 0.780. The Hall–Kier alpha value is -1.35. The normalized spacial score (nSPS) is 22.0. The number of carbonyl (C=O) groups is 1.